The van der Waals surface area contributed by atoms with Crippen LogP contribution >= 0.6 is 0 Å². The van der Waals surface area contributed by atoms with Gasteiger partial charge in [0.05, 0.1) is 66.1 Å². The minimum Gasteiger partial charge on any atom is -0.437 e. The van der Waals surface area contributed by atoms with Crippen molar-refractivity contribution in [1.82, 2.24) is 0 Å². The molecule has 0 bridgehead atoms. The Morgan fingerprint density at radius 1 is 0.452 bits per heavy atom. The van der Waals surface area contributed by atoms with E-state index in [9.17, 15) is 20.4 Å². The first-order valence-electron chi connectivity index (χ1n) is 14.6. The lowest BCUT2D eigenvalue weighted by Gasteiger charge is -2.39. The van der Waals surface area contributed by atoms with Gasteiger partial charge in [-0.3, -0.25) is 0 Å². The molecule has 0 aromatic heterocycles. The zero-order chi connectivity index (χ0) is 32.4. The van der Waals surface area contributed by atoms with Crippen LogP contribution in [0.4, 0.5) is 0 Å². The maximum atomic E-state index is 10.2. The van der Waals surface area contributed by atoms with Gasteiger partial charge in [0.1, 0.15) is 30.5 Å². The predicted octanol–water partition coefficient (Wildman–Crippen LogP) is 0.277. The van der Waals surface area contributed by atoms with Crippen molar-refractivity contribution in [2.45, 2.75) is 89.3 Å². The molecule has 0 amide bonds. The summed E-state index contributed by atoms with van der Waals surface area (Å²) in [5.74, 6) is 0.207. The normalized spacial score (nSPS) is 17.6. The summed E-state index contributed by atoms with van der Waals surface area (Å²) in [7, 11) is -5.91. The van der Waals surface area contributed by atoms with Crippen LogP contribution in [-0.4, -0.2) is 159 Å². The zero-order valence-corrected chi connectivity index (χ0v) is 30.0. The van der Waals surface area contributed by atoms with E-state index < -0.39 is 62.3 Å². The van der Waals surface area contributed by atoms with Crippen LogP contribution in [0.1, 0.15) is 6.92 Å². The average Bonchev–Trinajstić information content (AvgIpc) is 2.81. The summed E-state index contributed by atoms with van der Waals surface area (Å²) in [6.07, 6.45) is -4.71. The first-order chi connectivity index (χ1) is 19.3. The number of ether oxygens (including phenoxy) is 5. The van der Waals surface area contributed by atoms with E-state index in [2.05, 4.69) is 52.8 Å². The Kier molecular flexibility index (Phi) is 21.9. The van der Waals surface area contributed by atoms with Crippen molar-refractivity contribution in [3.63, 3.8) is 0 Å². The highest BCUT2D eigenvalue weighted by atomic mass is 28.5. The summed E-state index contributed by atoms with van der Waals surface area (Å²) < 4.78 is 39.7. The lowest BCUT2D eigenvalue weighted by atomic mass is 10.2. The third-order valence-corrected chi connectivity index (χ3v) is 15.0. The van der Waals surface area contributed by atoms with Crippen molar-refractivity contribution in [2.75, 3.05) is 72.7 Å². The first kappa shape index (κ1) is 42.1. The number of hydrogen-bond donors (Lipinski definition) is 6. The van der Waals surface area contributed by atoms with Crippen molar-refractivity contribution < 1.29 is 62.6 Å². The Morgan fingerprint density at radius 3 is 0.976 bits per heavy atom. The highest BCUT2D eigenvalue weighted by Crippen LogP contribution is 2.27. The second-order valence-electron chi connectivity index (χ2n) is 13.0. The van der Waals surface area contributed by atoms with Crippen molar-refractivity contribution in [1.29, 1.82) is 0 Å². The molecule has 0 fully saturated rings. The molecule has 6 N–H and O–H groups in total. The molecule has 0 spiro atoms. The molecule has 0 aromatic carbocycles. The van der Waals surface area contributed by atoms with Crippen LogP contribution in [0, 0.1) is 5.92 Å². The summed E-state index contributed by atoms with van der Waals surface area (Å²) in [6.45, 7) is 16.9. The molecule has 0 aliphatic rings. The van der Waals surface area contributed by atoms with Gasteiger partial charge in [0, 0.05) is 6.61 Å². The number of aliphatic hydroxyl groups excluding tert-OH is 6. The van der Waals surface area contributed by atoms with Crippen LogP contribution in [-0.2, 0) is 31.9 Å². The van der Waals surface area contributed by atoms with Gasteiger partial charge in [-0.25, -0.2) is 0 Å². The molecule has 254 valence electrons. The first-order valence-corrected chi connectivity index (χ1v) is 24.0. The van der Waals surface area contributed by atoms with Gasteiger partial charge in [-0.15, -0.1) is 0 Å². The van der Waals surface area contributed by atoms with Crippen molar-refractivity contribution >= 4 is 25.2 Å². The van der Waals surface area contributed by atoms with Crippen molar-refractivity contribution in [2.24, 2.45) is 5.92 Å². The predicted molar refractivity (Wildman–Crippen MR) is 166 cm³/mol. The fraction of sp³-hybridized carbons (Fsp3) is 1.00. The molecule has 6 atom stereocenters. The van der Waals surface area contributed by atoms with Crippen molar-refractivity contribution in [3.8, 4) is 0 Å². The summed E-state index contributed by atoms with van der Waals surface area (Å²) in [5.41, 5.74) is 0. The molecule has 0 saturated carbocycles. The van der Waals surface area contributed by atoms with Gasteiger partial charge in [-0.05, 0) is 57.8 Å². The third kappa shape index (κ3) is 25.5. The van der Waals surface area contributed by atoms with Gasteiger partial charge in [0.2, 0.25) is 0 Å². The summed E-state index contributed by atoms with van der Waals surface area (Å²) in [6, 6.07) is 0.815. The van der Waals surface area contributed by atoms with E-state index in [-0.39, 0.29) is 65.4 Å². The molecule has 0 aromatic rings. The topological polar surface area (TPSA) is 186 Å². The molecule has 0 saturated heterocycles. The van der Waals surface area contributed by atoms with Gasteiger partial charge in [0.15, 0.2) is 16.6 Å². The Balaban J connectivity index is 4.04. The fourth-order valence-electron chi connectivity index (χ4n) is 4.10. The SMILES string of the molecule is CC(COCC(O)COCC(O)COCC(O)COCC(O)COCC(O)CO)C[Si](C)(O[Si](C)(C)C)O[Si](C)(C)C. The highest BCUT2D eigenvalue weighted by molar-refractivity contribution is 6.87. The second kappa shape index (κ2) is 21.8. The molecule has 42 heavy (non-hydrogen) atoms. The number of rotatable bonds is 27. The lowest BCUT2D eigenvalue weighted by molar-refractivity contribution is -0.0821. The molecule has 0 aliphatic heterocycles. The van der Waals surface area contributed by atoms with Gasteiger partial charge < -0.3 is 62.6 Å². The largest absolute Gasteiger partial charge is 0.437 e. The summed E-state index contributed by atoms with van der Waals surface area (Å²) in [4.78, 5) is 0. The van der Waals surface area contributed by atoms with Crippen LogP contribution in [0.3, 0.4) is 0 Å². The maximum absolute atomic E-state index is 10.2. The Hall–Kier alpha value is 0.131. The maximum Gasteiger partial charge on any atom is 0.314 e. The van der Waals surface area contributed by atoms with Crippen LogP contribution in [0.2, 0.25) is 51.9 Å². The minimum absolute atomic E-state index is 0.00313. The second-order valence-corrected chi connectivity index (χ2v) is 25.8. The number of hydrogen-bond acceptors (Lipinski definition) is 13. The summed E-state index contributed by atoms with van der Waals surface area (Å²) in [5, 5.41) is 57.6. The molecule has 16 heteroatoms. The molecule has 0 radical (unpaired) electrons. The minimum atomic E-state index is -2.37. The van der Waals surface area contributed by atoms with Gasteiger partial charge >= 0.3 is 8.56 Å². The van der Waals surface area contributed by atoms with E-state index in [1.165, 1.54) is 0 Å². The Labute approximate surface area is 255 Å². The third-order valence-electron chi connectivity index (χ3n) is 5.17. The monoisotopic (exact) mass is 664 g/mol. The number of aliphatic hydroxyl groups is 6. The van der Waals surface area contributed by atoms with Crippen LogP contribution in [0.25, 0.3) is 0 Å². The van der Waals surface area contributed by atoms with Crippen LogP contribution in [0.15, 0.2) is 0 Å². The highest BCUT2D eigenvalue weighted by Gasteiger charge is 2.41. The van der Waals surface area contributed by atoms with Crippen LogP contribution < -0.4 is 0 Å². The van der Waals surface area contributed by atoms with Gasteiger partial charge in [0.25, 0.3) is 0 Å². The molecule has 13 nitrogen and oxygen atoms in total. The van der Waals surface area contributed by atoms with E-state index in [1.54, 1.807) is 0 Å². The fourth-order valence-corrected chi connectivity index (χ4v) is 17.1. The van der Waals surface area contributed by atoms with E-state index in [1.807, 2.05) is 0 Å². The van der Waals surface area contributed by atoms with E-state index in [0.717, 1.165) is 6.04 Å². The molecule has 0 aliphatic carbocycles. The van der Waals surface area contributed by atoms with Gasteiger partial charge in [-0.2, -0.15) is 0 Å². The molecule has 0 heterocycles. The smallest absolute Gasteiger partial charge is 0.314 e. The van der Waals surface area contributed by atoms with Crippen molar-refractivity contribution in [3.05, 3.63) is 0 Å². The van der Waals surface area contributed by atoms with Gasteiger partial charge in [-0.1, -0.05) is 6.92 Å². The Bertz CT molecular complexity index is 650. The zero-order valence-electron chi connectivity index (χ0n) is 27.0. The standard InChI is InChI=1S/C26H60O13Si3/c1-21(20-42(8,38-40(2,3)4)39-41(5,6)7)10-33-12-23(29)14-35-16-25(31)18-37-19-26(32)17-36-15-24(30)13-34-11-22(28)9-27/h21-32H,9-20H2,1-8H3. The van der Waals surface area contributed by atoms with E-state index in [0.29, 0.717) is 6.61 Å². The molecule has 6 unspecified atom stereocenters. The van der Waals surface area contributed by atoms with E-state index >= 15 is 0 Å². The van der Waals surface area contributed by atoms with E-state index in [4.69, 9.17) is 42.1 Å². The quantitative estimate of drug-likeness (QED) is 0.0659. The average molecular weight is 665 g/mol. The Morgan fingerprint density at radius 2 is 0.714 bits per heavy atom. The lowest BCUT2D eigenvalue weighted by Crippen LogP contribution is -2.53. The van der Waals surface area contributed by atoms with Crippen LogP contribution in [0.5, 0.6) is 0 Å². The molecule has 0 rings (SSSR count). The summed E-state index contributed by atoms with van der Waals surface area (Å²) >= 11 is 0. The molecular weight excluding hydrogens is 605 g/mol. The molecular formula is C26H60O13Si3.